The Morgan fingerprint density at radius 3 is 2.53 bits per heavy atom. The quantitative estimate of drug-likeness (QED) is 0.712. The summed E-state index contributed by atoms with van der Waals surface area (Å²) in [5.74, 6) is 0.658. The summed E-state index contributed by atoms with van der Waals surface area (Å²) in [6.45, 7) is 1.89. The van der Waals surface area contributed by atoms with Crippen LogP contribution in [0.15, 0.2) is 24.3 Å². The molecule has 0 amide bonds. The van der Waals surface area contributed by atoms with E-state index in [-0.39, 0.29) is 6.61 Å². The van der Waals surface area contributed by atoms with Crippen molar-refractivity contribution >= 4 is 29.2 Å². The molecule has 1 N–H and O–H groups in total. The normalized spacial score (nSPS) is 10.7. The number of alkyl halides is 2. The average Bonchev–Trinajstić information content (AvgIpc) is 2.37. The van der Waals surface area contributed by atoms with Gasteiger partial charge in [-0.2, -0.15) is 0 Å². The molecule has 106 valence electrons. The lowest BCUT2D eigenvalue weighted by molar-refractivity contribution is -0.139. The fraction of sp³-hybridized carbons (Fsp3) is 0.462. The van der Waals surface area contributed by atoms with E-state index in [0.717, 1.165) is 18.7 Å². The first-order chi connectivity index (χ1) is 9.15. The molecule has 0 saturated carbocycles. The predicted octanol–water partition coefficient (Wildman–Crippen LogP) is 2.43. The molecule has 0 aliphatic heterocycles. The largest absolute Gasteiger partial charge is 0.482 e. The summed E-state index contributed by atoms with van der Waals surface area (Å²) in [7, 11) is 0. The predicted molar refractivity (Wildman–Crippen MR) is 76.3 cm³/mol. The maximum atomic E-state index is 10.4. The molecule has 0 bridgehead atoms. The van der Waals surface area contributed by atoms with Crippen LogP contribution in [0.3, 0.4) is 0 Å². The maximum absolute atomic E-state index is 10.4. The van der Waals surface area contributed by atoms with Crippen molar-refractivity contribution in [3.05, 3.63) is 29.8 Å². The number of carboxylic acids is 1. The molecule has 0 spiro atoms. The van der Waals surface area contributed by atoms with E-state index in [9.17, 15) is 4.79 Å². The van der Waals surface area contributed by atoms with E-state index in [4.69, 9.17) is 33.0 Å². The Kier molecular flexibility index (Phi) is 7.63. The van der Waals surface area contributed by atoms with Crippen LogP contribution in [0.1, 0.15) is 5.56 Å². The molecule has 1 aromatic carbocycles. The van der Waals surface area contributed by atoms with E-state index >= 15 is 0 Å². The molecule has 1 rings (SSSR count). The number of carboxylic acid groups (broad SMARTS) is 1. The summed E-state index contributed by atoms with van der Waals surface area (Å²) in [5.41, 5.74) is 1.04. The highest BCUT2D eigenvalue weighted by atomic mass is 35.5. The second kappa shape index (κ2) is 9.02. The molecule has 0 saturated heterocycles. The zero-order valence-electron chi connectivity index (χ0n) is 10.5. The molecule has 0 unspecified atom stereocenters. The van der Waals surface area contributed by atoms with Crippen molar-refractivity contribution in [3.63, 3.8) is 0 Å². The number of nitrogens with zero attached hydrogens (tertiary/aromatic N) is 1. The molecule has 0 radical (unpaired) electrons. The van der Waals surface area contributed by atoms with E-state index in [2.05, 4.69) is 4.90 Å². The monoisotopic (exact) mass is 305 g/mol. The Balaban J connectivity index is 2.61. The topological polar surface area (TPSA) is 49.8 Å². The number of aliphatic carboxylic acids is 1. The van der Waals surface area contributed by atoms with E-state index in [0.29, 0.717) is 24.1 Å². The molecule has 0 fully saturated rings. The molecule has 0 aromatic heterocycles. The van der Waals surface area contributed by atoms with Gasteiger partial charge >= 0.3 is 5.97 Å². The number of halogens is 2. The third kappa shape index (κ3) is 6.66. The summed E-state index contributed by atoms with van der Waals surface area (Å²) < 4.78 is 5.14. The lowest BCUT2D eigenvalue weighted by Gasteiger charge is -2.20. The highest BCUT2D eigenvalue weighted by molar-refractivity contribution is 6.18. The third-order valence-corrected chi connectivity index (χ3v) is 2.81. The van der Waals surface area contributed by atoms with Gasteiger partial charge in [0.15, 0.2) is 6.61 Å². The van der Waals surface area contributed by atoms with Gasteiger partial charge in [-0.3, -0.25) is 4.90 Å². The van der Waals surface area contributed by atoms with Crippen molar-refractivity contribution < 1.29 is 14.6 Å². The van der Waals surface area contributed by atoms with Crippen LogP contribution in [0.4, 0.5) is 0 Å². The number of hydrogen-bond donors (Lipinski definition) is 1. The number of hydrogen-bond acceptors (Lipinski definition) is 3. The second-order valence-electron chi connectivity index (χ2n) is 3.98. The van der Waals surface area contributed by atoms with E-state index < -0.39 is 5.97 Å². The molecular weight excluding hydrogens is 289 g/mol. The molecular formula is C13H17Cl2NO3. The molecule has 1 aromatic rings. The van der Waals surface area contributed by atoms with Gasteiger partial charge in [0, 0.05) is 31.4 Å². The van der Waals surface area contributed by atoms with Crippen LogP contribution >= 0.6 is 23.2 Å². The summed E-state index contributed by atoms with van der Waals surface area (Å²) in [4.78, 5) is 12.6. The minimum absolute atomic E-state index is 0.337. The average molecular weight is 306 g/mol. The van der Waals surface area contributed by atoms with E-state index in [1.165, 1.54) is 0 Å². The zero-order chi connectivity index (χ0) is 14.1. The molecule has 19 heavy (non-hydrogen) atoms. The van der Waals surface area contributed by atoms with Gasteiger partial charge < -0.3 is 9.84 Å². The Morgan fingerprint density at radius 2 is 1.95 bits per heavy atom. The molecule has 0 atom stereocenters. The van der Waals surface area contributed by atoms with Gasteiger partial charge in [-0.25, -0.2) is 4.79 Å². The summed E-state index contributed by atoms with van der Waals surface area (Å²) in [5, 5.41) is 8.57. The minimum atomic E-state index is -0.990. The van der Waals surface area contributed by atoms with Gasteiger partial charge in [0.1, 0.15) is 5.75 Å². The zero-order valence-corrected chi connectivity index (χ0v) is 12.0. The Labute approximate surface area is 122 Å². The fourth-order valence-electron chi connectivity index (χ4n) is 1.65. The number of ether oxygens (including phenoxy) is 1. The number of carbonyl (C=O) groups is 1. The minimum Gasteiger partial charge on any atom is -0.482 e. The van der Waals surface area contributed by atoms with Gasteiger partial charge in [0.2, 0.25) is 0 Å². The van der Waals surface area contributed by atoms with Gasteiger partial charge in [-0.05, 0) is 17.7 Å². The van der Waals surface area contributed by atoms with Gasteiger partial charge in [-0.1, -0.05) is 12.1 Å². The van der Waals surface area contributed by atoms with Crippen molar-refractivity contribution in [2.75, 3.05) is 31.5 Å². The fourth-order valence-corrected chi connectivity index (χ4v) is 2.12. The van der Waals surface area contributed by atoms with Crippen molar-refractivity contribution in [3.8, 4) is 5.75 Å². The van der Waals surface area contributed by atoms with Crippen LogP contribution in [0.25, 0.3) is 0 Å². The lowest BCUT2D eigenvalue weighted by Crippen LogP contribution is -2.27. The Morgan fingerprint density at radius 1 is 1.26 bits per heavy atom. The molecule has 4 nitrogen and oxygen atoms in total. The van der Waals surface area contributed by atoms with Crippen LogP contribution in [0, 0.1) is 0 Å². The first kappa shape index (κ1) is 16.1. The van der Waals surface area contributed by atoms with Crippen LogP contribution < -0.4 is 4.74 Å². The van der Waals surface area contributed by atoms with Crippen molar-refractivity contribution in [2.45, 2.75) is 6.54 Å². The summed E-state index contributed by atoms with van der Waals surface area (Å²) >= 11 is 11.5. The second-order valence-corrected chi connectivity index (χ2v) is 4.74. The van der Waals surface area contributed by atoms with Crippen LogP contribution in [0.5, 0.6) is 5.75 Å². The summed E-state index contributed by atoms with van der Waals surface area (Å²) in [6.07, 6.45) is 0. The first-order valence-corrected chi connectivity index (χ1v) is 7.00. The van der Waals surface area contributed by atoms with Crippen LogP contribution in [-0.4, -0.2) is 47.4 Å². The van der Waals surface area contributed by atoms with Crippen molar-refractivity contribution in [1.29, 1.82) is 0 Å². The Bertz CT molecular complexity index is 395. The lowest BCUT2D eigenvalue weighted by atomic mass is 10.2. The Hall–Kier alpha value is -0.970. The van der Waals surface area contributed by atoms with E-state index in [1.807, 2.05) is 18.2 Å². The highest BCUT2D eigenvalue weighted by Gasteiger charge is 2.06. The van der Waals surface area contributed by atoms with Gasteiger partial charge in [0.05, 0.1) is 0 Å². The maximum Gasteiger partial charge on any atom is 0.341 e. The van der Waals surface area contributed by atoms with E-state index in [1.54, 1.807) is 6.07 Å². The number of rotatable bonds is 9. The summed E-state index contributed by atoms with van der Waals surface area (Å²) in [6, 6.07) is 7.37. The van der Waals surface area contributed by atoms with Crippen LogP contribution in [0.2, 0.25) is 0 Å². The highest BCUT2D eigenvalue weighted by Crippen LogP contribution is 2.15. The standard InChI is InChI=1S/C13H17Cl2NO3/c14-4-6-16(7-5-15)9-11-2-1-3-12(8-11)19-10-13(17)18/h1-3,8H,4-7,9-10H2,(H,17,18). The van der Waals surface area contributed by atoms with Crippen molar-refractivity contribution in [2.24, 2.45) is 0 Å². The SMILES string of the molecule is O=C(O)COc1cccc(CN(CCCl)CCCl)c1. The van der Waals surface area contributed by atoms with Gasteiger partial charge in [-0.15, -0.1) is 23.2 Å². The van der Waals surface area contributed by atoms with Crippen LogP contribution in [-0.2, 0) is 11.3 Å². The third-order valence-electron chi connectivity index (χ3n) is 2.47. The molecule has 0 aliphatic carbocycles. The molecule has 0 aliphatic rings. The smallest absolute Gasteiger partial charge is 0.341 e. The van der Waals surface area contributed by atoms with Crippen molar-refractivity contribution in [1.82, 2.24) is 4.90 Å². The van der Waals surface area contributed by atoms with Gasteiger partial charge in [0.25, 0.3) is 0 Å². The number of benzene rings is 1. The molecule has 0 heterocycles. The molecule has 6 heteroatoms. The first-order valence-electron chi connectivity index (χ1n) is 5.93.